The van der Waals surface area contributed by atoms with Crippen LogP contribution < -0.4 is 0 Å². The zero-order chi connectivity index (χ0) is 10.4. The minimum atomic E-state index is -0.339. The number of hydrogen-bond donors (Lipinski definition) is 1. The molecule has 80 valence electrons. The van der Waals surface area contributed by atoms with Gasteiger partial charge in [0.25, 0.3) is 0 Å². The first-order valence-electron chi connectivity index (χ1n) is 4.70. The SMILES string of the molecule is COCC(=O)OC[C@@H]1C=C[C@H](CO)C1. The van der Waals surface area contributed by atoms with Gasteiger partial charge in [0.1, 0.15) is 6.61 Å². The van der Waals surface area contributed by atoms with Crippen molar-refractivity contribution in [2.75, 3.05) is 26.9 Å². The predicted octanol–water partition coefficient (Wildman–Crippen LogP) is 0.361. The summed E-state index contributed by atoms with van der Waals surface area (Å²) in [5.74, 6) is 0.127. The van der Waals surface area contributed by atoms with E-state index in [4.69, 9.17) is 9.84 Å². The summed E-state index contributed by atoms with van der Waals surface area (Å²) in [6.07, 6.45) is 4.81. The molecule has 0 saturated heterocycles. The molecule has 0 spiro atoms. The first-order chi connectivity index (χ1) is 6.76. The standard InChI is InChI=1S/C10H16O4/c1-13-7-10(12)14-6-9-3-2-8(4-9)5-11/h2-3,8-9,11H,4-7H2,1H3/t8-,9+/m0/s1. The lowest BCUT2D eigenvalue weighted by Crippen LogP contribution is -2.16. The average molecular weight is 200 g/mol. The van der Waals surface area contributed by atoms with Crippen molar-refractivity contribution in [3.8, 4) is 0 Å². The van der Waals surface area contributed by atoms with Gasteiger partial charge in [-0.15, -0.1) is 0 Å². The molecule has 0 saturated carbocycles. The highest BCUT2D eigenvalue weighted by Crippen LogP contribution is 2.22. The van der Waals surface area contributed by atoms with Crippen LogP contribution in [0.4, 0.5) is 0 Å². The van der Waals surface area contributed by atoms with Gasteiger partial charge in [-0.3, -0.25) is 0 Å². The zero-order valence-electron chi connectivity index (χ0n) is 8.31. The maximum absolute atomic E-state index is 10.9. The molecule has 1 rings (SSSR count). The Morgan fingerprint density at radius 1 is 1.50 bits per heavy atom. The molecule has 0 radical (unpaired) electrons. The fourth-order valence-electron chi connectivity index (χ4n) is 1.48. The van der Waals surface area contributed by atoms with Gasteiger partial charge in [-0.05, 0) is 6.42 Å². The lowest BCUT2D eigenvalue weighted by atomic mass is 10.1. The van der Waals surface area contributed by atoms with Gasteiger partial charge in [-0.2, -0.15) is 0 Å². The van der Waals surface area contributed by atoms with Crippen molar-refractivity contribution < 1.29 is 19.4 Å². The summed E-state index contributed by atoms with van der Waals surface area (Å²) in [5.41, 5.74) is 0. The van der Waals surface area contributed by atoms with Crippen LogP contribution in [-0.4, -0.2) is 38.0 Å². The Morgan fingerprint density at radius 2 is 2.21 bits per heavy atom. The quantitative estimate of drug-likeness (QED) is 0.514. The maximum atomic E-state index is 10.9. The van der Waals surface area contributed by atoms with E-state index in [1.165, 1.54) is 7.11 Å². The molecular formula is C10H16O4. The summed E-state index contributed by atoms with van der Waals surface area (Å²) < 4.78 is 9.59. The Hall–Kier alpha value is -0.870. The molecule has 0 amide bonds. The van der Waals surface area contributed by atoms with E-state index in [2.05, 4.69) is 4.74 Å². The third kappa shape index (κ3) is 3.47. The highest BCUT2D eigenvalue weighted by molar-refractivity contribution is 5.70. The summed E-state index contributed by atoms with van der Waals surface area (Å²) in [7, 11) is 1.46. The molecule has 1 aliphatic carbocycles. The van der Waals surface area contributed by atoms with Crippen LogP contribution in [0.5, 0.6) is 0 Å². The van der Waals surface area contributed by atoms with Crippen LogP contribution in [-0.2, 0) is 14.3 Å². The summed E-state index contributed by atoms with van der Waals surface area (Å²) in [6.45, 7) is 0.550. The van der Waals surface area contributed by atoms with Crippen molar-refractivity contribution >= 4 is 5.97 Å². The monoisotopic (exact) mass is 200 g/mol. The van der Waals surface area contributed by atoms with Gasteiger partial charge >= 0.3 is 5.97 Å². The Balaban J connectivity index is 2.15. The van der Waals surface area contributed by atoms with E-state index in [9.17, 15) is 4.79 Å². The maximum Gasteiger partial charge on any atom is 0.332 e. The van der Waals surface area contributed by atoms with Crippen LogP contribution in [0.15, 0.2) is 12.2 Å². The summed E-state index contributed by atoms with van der Waals surface area (Å²) >= 11 is 0. The Bertz CT molecular complexity index is 212. The molecule has 2 atom stereocenters. The number of rotatable bonds is 5. The van der Waals surface area contributed by atoms with E-state index in [-0.39, 0.29) is 31.0 Å². The zero-order valence-corrected chi connectivity index (χ0v) is 8.31. The fourth-order valence-corrected chi connectivity index (χ4v) is 1.48. The molecule has 0 aromatic carbocycles. The molecule has 0 bridgehead atoms. The molecule has 4 heteroatoms. The van der Waals surface area contributed by atoms with E-state index in [0.717, 1.165) is 6.42 Å². The number of carbonyl (C=O) groups is 1. The molecule has 0 fully saturated rings. The third-order valence-corrected chi connectivity index (χ3v) is 2.22. The van der Waals surface area contributed by atoms with Gasteiger partial charge in [0.2, 0.25) is 0 Å². The molecule has 0 aliphatic heterocycles. The first-order valence-corrected chi connectivity index (χ1v) is 4.70. The van der Waals surface area contributed by atoms with Crippen LogP contribution in [0.1, 0.15) is 6.42 Å². The lowest BCUT2D eigenvalue weighted by Gasteiger charge is -2.10. The normalized spacial score (nSPS) is 25.3. The van der Waals surface area contributed by atoms with E-state index in [1.807, 2.05) is 12.2 Å². The number of aliphatic hydroxyl groups excluding tert-OH is 1. The van der Waals surface area contributed by atoms with E-state index < -0.39 is 0 Å². The second kappa shape index (κ2) is 5.78. The summed E-state index contributed by atoms with van der Waals surface area (Å²) in [6, 6.07) is 0. The van der Waals surface area contributed by atoms with Gasteiger partial charge in [-0.25, -0.2) is 4.79 Å². The van der Waals surface area contributed by atoms with Gasteiger partial charge in [0.05, 0.1) is 6.61 Å². The minimum absolute atomic E-state index is 0.000136. The van der Waals surface area contributed by atoms with Crippen LogP contribution in [0.25, 0.3) is 0 Å². The van der Waals surface area contributed by atoms with E-state index in [0.29, 0.717) is 6.61 Å². The number of aliphatic hydroxyl groups is 1. The topological polar surface area (TPSA) is 55.8 Å². The number of hydrogen-bond acceptors (Lipinski definition) is 4. The van der Waals surface area contributed by atoms with Crippen molar-refractivity contribution in [2.45, 2.75) is 6.42 Å². The Labute approximate surface area is 83.5 Å². The largest absolute Gasteiger partial charge is 0.463 e. The molecular weight excluding hydrogens is 184 g/mol. The van der Waals surface area contributed by atoms with E-state index in [1.54, 1.807) is 0 Å². The second-order valence-corrected chi connectivity index (χ2v) is 3.44. The van der Waals surface area contributed by atoms with Gasteiger partial charge in [-0.1, -0.05) is 12.2 Å². The lowest BCUT2D eigenvalue weighted by molar-refractivity contribution is -0.148. The van der Waals surface area contributed by atoms with Crippen LogP contribution in [0, 0.1) is 11.8 Å². The number of esters is 1. The molecule has 0 aromatic heterocycles. The molecule has 4 nitrogen and oxygen atoms in total. The van der Waals surface area contributed by atoms with Crippen molar-refractivity contribution in [3.05, 3.63) is 12.2 Å². The average Bonchev–Trinajstić information content (AvgIpc) is 2.63. The number of carbonyl (C=O) groups excluding carboxylic acids is 1. The number of methoxy groups -OCH3 is 1. The van der Waals surface area contributed by atoms with Crippen LogP contribution >= 0.6 is 0 Å². The van der Waals surface area contributed by atoms with Crippen molar-refractivity contribution in [1.29, 1.82) is 0 Å². The highest BCUT2D eigenvalue weighted by Gasteiger charge is 2.19. The fraction of sp³-hybridized carbons (Fsp3) is 0.700. The van der Waals surface area contributed by atoms with Crippen molar-refractivity contribution in [1.82, 2.24) is 0 Å². The van der Waals surface area contributed by atoms with Gasteiger partial charge < -0.3 is 14.6 Å². The molecule has 0 aromatic rings. The van der Waals surface area contributed by atoms with Crippen LogP contribution in [0.2, 0.25) is 0 Å². The Kier molecular flexibility index (Phi) is 4.62. The molecule has 1 aliphatic rings. The Morgan fingerprint density at radius 3 is 2.79 bits per heavy atom. The highest BCUT2D eigenvalue weighted by atomic mass is 16.6. The third-order valence-electron chi connectivity index (χ3n) is 2.22. The molecule has 14 heavy (non-hydrogen) atoms. The summed E-state index contributed by atoms with van der Waals surface area (Å²) in [4.78, 5) is 10.9. The summed E-state index contributed by atoms with van der Waals surface area (Å²) in [5, 5.41) is 8.87. The van der Waals surface area contributed by atoms with Crippen molar-refractivity contribution in [3.63, 3.8) is 0 Å². The van der Waals surface area contributed by atoms with Crippen molar-refractivity contribution in [2.24, 2.45) is 11.8 Å². The minimum Gasteiger partial charge on any atom is -0.463 e. The smallest absolute Gasteiger partial charge is 0.332 e. The van der Waals surface area contributed by atoms with Crippen LogP contribution in [0.3, 0.4) is 0 Å². The van der Waals surface area contributed by atoms with Gasteiger partial charge in [0.15, 0.2) is 0 Å². The van der Waals surface area contributed by atoms with E-state index >= 15 is 0 Å². The first kappa shape index (κ1) is 11.2. The molecule has 0 heterocycles. The second-order valence-electron chi connectivity index (χ2n) is 3.44. The molecule has 0 unspecified atom stereocenters. The molecule has 1 N–H and O–H groups in total. The predicted molar refractivity (Wildman–Crippen MR) is 50.7 cm³/mol. The number of ether oxygens (including phenoxy) is 2. The van der Waals surface area contributed by atoms with Gasteiger partial charge in [0, 0.05) is 25.6 Å².